The van der Waals surface area contributed by atoms with Gasteiger partial charge in [-0.15, -0.1) is 11.3 Å². The molecule has 0 saturated carbocycles. The number of rotatable bonds is 1. The summed E-state index contributed by atoms with van der Waals surface area (Å²) >= 11 is 1.89. The molecule has 2 aromatic heterocycles. The molecule has 0 saturated heterocycles. The predicted octanol–water partition coefficient (Wildman–Crippen LogP) is 9.46. The van der Waals surface area contributed by atoms with Crippen LogP contribution in [0.3, 0.4) is 0 Å². The van der Waals surface area contributed by atoms with Crippen molar-refractivity contribution in [2.24, 2.45) is 0 Å². The van der Waals surface area contributed by atoms with Crippen molar-refractivity contribution in [3.8, 4) is 5.69 Å². The summed E-state index contributed by atoms with van der Waals surface area (Å²) in [5.74, 6) is 0. The highest BCUT2D eigenvalue weighted by Gasteiger charge is 2.14. The van der Waals surface area contributed by atoms with Crippen LogP contribution in [0.1, 0.15) is 0 Å². The van der Waals surface area contributed by atoms with Gasteiger partial charge in [0.15, 0.2) is 0 Å². The Kier molecular flexibility index (Phi) is 3.60. The highest BCUT2D eigenvalue weighted by Crippen LogP contribution is 2.40. The molecule has 0 amide bonds. The van der Waals surface area contributed by atoms with Crippen molar-refractivity contribution < 1.29 is 0 Å². The van der Waals surface area contributed by atoms with Crippen LogP contribution in [-0.4, -0.2) is 4.57 Å². The van der Waals surface area contributed by atoms with E-state index < -0.39 is 0 Å². The van der Waals surface area contributed by atoms with Crippen molar-refractivity contribution in [1.82, 2.24) is 4.57 Å². The second-order valence-electron chi connectivity index (χ2n) is 8.99. The van der Waals surface area contributed by atoms with Crippen molar-refractivity contribution in [3.05, 3.63) is 115 Å². The van der Waals surface area contributed by atoms with Crippen LogP contribution in [0.4, 0.5) is 0 Å². The van der Waals surface area contributed by atoms with E-state index >= 15 is 0 Å². The van der Waals surface area contributed by atoms with Crippen LogP contribution < -0.4 is 0 Å². The molecule has 0 aliphatic heterocycles. The fourth-order valence-electron chi connectivity index (χ4n) is 5.66. The fourth-order valence-corrected chi connectivity index (χ4v) is 6.92. The second kappa shape index (κ2) is 6.69. The topological polar surface area (TPSA) is 4.93 Å². The molecule has 2 heterocycles. The van der Waals surface area contributed by atoms with Gasteiger partial charge in [-0.2, -0.15) is 0 Å². The highest BCUT2D eigenvalue weighted by atomic mass is 32.1. The standard InChI is InChI=1S/C32H19NS/c1-2-9-24-22(7-1)23-8-3-4-10-25(23)29-19-21(14-16-26(24)29)33-18-17-20-13-15-28-27-11-5-6-12-30(27)34-32(28)31(20)33/h1-19H. The van der Waals surface area contributed by atoms with Crippen LogP contribution in [-0.2, 0) is 0 Å². The van der Waals surface area contributed by atoms with Gasteiger partial charge in [0.25, 0.3) is 0 Å². The molecule has 0 atom stereocenters. The molecule has 8 rings (SSSR count). The number of aromatic nitrogens is 1. The van der Waals surface area contributed by atoms with Crippen LogP contribution >= 0.6 is 11.3 Å². The van der Waals surface area contributed by atoms with E-state index in [0.717, 1.165) is 0 Å². The van der Waals surface area contributed by atoms with E-state index in [1.54, 1.807) is 0 Å². The summed E-state index contributed by atoms with van der Waals surface area (Å²) in [4.78, 5) is 0. The number of hydrogen-bond donors (Lipinski definition) is 0. The largest absolute Gasteiger partial charge is 0.315 e. The third-order valence-corrected chi connectivity index (χ3v) is 8.40. The van der Waals surface area contributed by atoms with Gasteiger partial charge in [0.2, 0.25) is 0 Å². The molecular weight excluding hydrogens is 430 g/mol. The maximum atomic E-state index is 2.37. The van der Waals surface area contributed by atoms with Crippen LogP contribution in [0.25, 0.3) is 69.1 Å². The van der Waals surface area contributed by atoms with E-state index in [1.807, 2.05) is 11.3 Å². The maximum absolute atomic E-state index is 2.37. The summed E-state index contributed by atoms with van der Waals surface area (Å²) in [6, 6.07) is 40.0. The number of benzene rings is 6. The minimum absolute atomic E-state index is 1.20. The number of thiophene rings is 1. The third kappa shape index (κ3) is 2.38. The lowest BCUT2D eigenvalue weighted by molar-refractivity contribution is 1.14. The summed E-state index contributed by atoms with van der Waals surface area (Å²) in [6.45, 7) is 0. The first-order valence-corrected chi connectivity index (χ1v) is 12.4. The smallest absolute Gasteiger partial charge is 0.0707 e. The first-order valence-electron chi connectivity index (χ1n) is 11.6. The molecule has 0 radical (unpaired) electrons. The van der Waals surface area contributed by atoms with Gasteiger partial charge in [-0.25, -0.2) is 0 Å². The molecule has 0 N–H and O–H groups in total. The van der Waals surface area contributed by atoms with Gasteiger partial charge in [-0.3, -0.25) is 0 Å². The lowest BCUT2D eigenvalue weighted by Gasteiger charge is -2.13. The van der Waals surface area contributed by atoms with Crippen molar-refractivity contribution in [2.75, 3.05) is 0 Å². The Morgan fingerprint density at radius 2 is 1.06 bits per heavy atom. The molecular formula is C32H19NS. The SMILES string of the molecule is c1ccc2c(c1)sc1c2ccc2ccn(-c3ccc4c5ccccc5c5ccccc5c4c3)c21. The molecule has 0 unspecified atom stereocenters. The lowest BCUT2D eigenvalue weighted by atomic mass is 9.94. The molecule has 158 valence electrons. The highest BCUT2D eigenvalue weighted by molar-refractivity contribution is 7.26. The molecule has 34 heavy (non-hydrogen) atoms. The van der Waals surface area contributed by atoms with E-state index in [9.17, 15) is 0 Å². The molecule has 0 spiro atoms. The second-order valence-corrected chi connectivity index (χ2v) is 10.0. The van der Waals surface area contributed by atoms with Gasteiger partial charge < -0.3 is 4.57 Å². The van der Waals surface area contributed by atoms with E-state index in [1.165, 1.54) is 69.1 Å². The molecule has 0 bridgehead atoms. The molecule has 8 aromatic rings. The Labute approximate surface area is 200 Å². The van der Waals surface area contributed by atoms with Crippen LogP contribution in [0.2, 0.25) is 0 Å². The summed E-state index contributed by atoms with van der Waals surface area (Å²) in [5.41, 5.74) is 2.50. The molecule has 0 aliphatic rings. The van der Waals surface area contributed by atoms with E-state index in [4.69, 9.17) is 0 Å². The summed E-state index contributed by atoms with van der Waals surface area (Å²) in [5, 5.41) is 11.8. The number of hydrogen-bond acceptors (Lipinski definition) is 1. The monoisotopic (exact) mass is 449 g/mol. The maximum Gasteiger partial charge on any atom is 0.0707 e. The van der Waals surface area contributed by atoms with Crippen molar-refractivity contribution in [1.29, 1.82) is 0 Å². The van der Waals surface area contributed by atoms with Crippen molar-refractivity contribution >= 4 is 74.7 Å². The number of fused-ring (bicyclic) bond motifs is 11. The van der Waals surface area contributed by atoms with E-state index in [0.29, 0.717) is 0 Å². The van der Waals surface area contributed by atoms with Crippen molar-refractivity contribution in [3.63, 3.8) is 0 Å². The summed E-state index contributed by atoms with van der Waals surface area (Å²) in [7, 11) is 0. The van der Waals surface area contributed by atoms with Gasteiger partial charge in [0, 0.05) is 32.7 Å². The Balaban J connectivity index is 1.49. The first kappa shape index (κ1) is 18.3. The van der Waals surface area contributed by atoms with Crippen LogP contribution in [0.15, 0.2) is 115 Å². The van der Waals surface area contributed by atoms with Gasteiger partial charge >= 0.3 is 0 Å². The zero-order valence-corrected chi connectivity index (χ0v) is 19.1. The first-order chi connectivity index (χ1) is 16.9. The zero-order chi connectivity index (χ0) is 22.2. The molecule has 0 fully saturated rings. The molecule has 0 aliphatic carbocycles. The minimum atomic E-state index is 1.20. The van der Waals surface area contributed by atoms with Gasteiger partial charge in [0.1, 0.15) is 0 Å². The Morgan fingerprint density at radius 3 is 1.79 bits per heavy atom. The van der Waals surface area contributed by atoms with Crippen molar-refractivity contribution in [2.45, 2.75) is 0 Å². The van der Waals surface area contributed by atoms with Gasteiger partial charge in [0.05, 0.1) is 10.2 Å². The summed E-state index contributed by atoms with van der Waals surface area (Å²) in [6.07, 6.45) is 2.22. The average Bonchev–Trinajstić information content (AvgIpc) is 3.50. The lowest BCUT2D eigenvalue weighted by Crippen LogP contribution is -1.93. The zero-order valence-electron chi connectivity index (χ0n) is 18.3. The van der Waals surface area contributed by atoms with Gasteiger partial charge in [-0.05, 0) is 56.6 Å². The van der Waals surface area contributed by atoms with E-state index in [2.05, 4.69) is 120 Å². The molecule has 1 nitrogen and oxygen atoms in total. The predicted molar refractivity (Wildman–Crippen MR) is 149 cm³/mol. The Hall–Kier alpha value is -4.14. The Bertz CT molecular complexity index is 2040. The van der Waals surface area contributed by atoms with E-state index in [-0.39, 0.29) is 0 Å². The Morgan fingerprint density at radius 1 is 0.471 bits per heavy atom. The summed E-state index contributed by atoms with van der Waals surface area (Å²) < 4.78 is 5.07. The molecule has 2 heteroatoms. The molecule has 6 aromatic carbocycles. The van der Waals surface area contributed by atoms with Gasteiger partial charge in [-0.1, -0.05) is 84.9 Å². The average molecular weight is 450 g/mol. The minimum Gasteiger partial charge on any atom is -0.315 e. The van der Waals surface area contributed by atoms with Crippen LogP contribution in [0.5, 0.6) is 0 Å². The quantitative estimate of drug-likeness (QED) is 0.220. The number of nitrogens with zero attached hydrogens (tertiary/aromatic N) is 1. The third-order valence-electron chi connectivity index (χ3n) is 7.20. The fraction of sp³-hybridized carbons (Fsp3) is 0. The normalized spacial score (nSPS) is 12.1. The van der Waals surface area contributed by atoms with Crippen LogP contribution in [0, 0.1) is 0 Å².